The monoisotopic (exact) mass is 331 g/mol. The largest absolute Gasteiger partial charge is 0.346 e. The van der Waals surface area contributed by atoms with Crippen LogP contribution in [0.5, 0.6) is 0 Å². The first kappa shape index (κ1) is 15.8. The fraction of sp³-hybridized carbons (Fsp3) is 0.0588. The van der Waals surface area contributed by atoms with Gasteiger partial charge in [-0.25, -0.2) is 13.2 Å². The topological polar surface area (TPSA) is 57.8 Å². The number of aromatic nitrogens is 2. The average Bonchev–Trinajstić information content (AvgIpc) is 3.05. The van der Waals surface area contributed by atoms with Gasteiger partial charge in [-0.2, -0.15) is 5.10 Å². The molecule has 0 atom stereocenters. The van der Waals surface area contributed by atoms with Crippen molar-refractivity contribution < 1.29 is 18.0 Å². The van der Waals surface area contributed by atoms with Crippen molar-refractivity contribution in [1.82, 2.24) is 15.5 Å². The first-order valence-electron chi connectivity index (χ1n) is 7.07. The molecule has 0 aliphatic carbocycles. The van der Waals surface area contributed by atoms with Crippen LogP contribution in [0.2, 0.25) is 0 Å². The molecule has 0 fully saturated rings. The highest BCUT2D eigenvalue weighted by Gasteiger charge is 2.13. The van der Waals surface area contributed by atoms with E-state index in [0.29, 0.717) is 11.3 Å². The Labute approximate surface area is 135 Å². The second-order valence-electron chi connectivity index (χ2n) is 5.06. The van der Waals surface area contributed by atoms with Crippen LogP contribution in [0, 0.1) is 17.5 Å². The molecule has 24 heavy (non-hydrogen) atoms. The predicted octanol–water partition coefficient (Wildman–Crippen LogP) is 3.42. The molecule has 3 aromatic rings. The Hall–Kier alpha value is -3.09. The number of H-pyrrole nitrogens is 1. The van der Waals surface area contributed by atoms with Gasteiger partial charge in [0.05, 0.1) is 5.69 Å². The minimum Gasteiger partial charge on any atom is -0.346 e. The lowest BCUT2D eigenvalue weighted by atomic mass is 10.1. The summed E-state index contributed by atoms with van der Waals surface area (Å²) in [7, 11) is 0. The Bertz CT molecular complexity index is 855. The zero-order chi connectivity index (χ0) is 17.1. The van der Waals surface area contributed by atoms with Crippen LogP contribution in [0.15, 0.2) is 48.5 Å². The molecule has 2 N–H and O–H groups in total. The highest BCUT2D eigenvalue weighted by Crippen LogP contribution is 2.18. The lowest BCUT2D eigenvalue weighted by molar-refractivity contribution is 0.0945. The van der Waals surface area contributed by atoms with E-state index in [4.69, 9.17) is 0 Å². The Morgan fingerprint density at radius 1 is 1.04 bits per heavy atom. The van der Waals surface area contributed by atoms with Crippen LogP contribution in [0.1, 0.15) is 16.1 Å². The summed E-state index contributed by atoms with van der Waals surface area (Å²) in [5, 5.41) is 8.93. The zero-order valence-electron chi connectivity index (χ0n) is 12.3. The summed E-state index contributed by atoms with van der Waals surface area (Å²) in [6, 6.07) is 10.6. The third kappa shape index (κ3) is 3.29. The van der Waals surface area contributed by atoms with E-state index < -0.39 is 17.5 Å². The third-order valence-corrected chi connectivity index (χ3v) is 3.45. The van der Waals surface area contributed by atoms with Gasteiger partial charge in [-0.15, -0.1) is 0 Å². The lowest BCUT2D eigenvalue weighted by Crippen LogP contribution is -2.24. The molecule has 0 bridgehead atoms. The lowest BCUT2D eigenvalue weighted by Gasteiger charge is -2.06. The number of hydrogen-bond acceptors (Lipinski definition) is 2. The molecular weight excluding hydrogens is 319 g/mol. The molecule has 2 aromatic carbocycles. The summed E-state index contributed by atoms with van der Waals surface area (Å²) < 4.78 is 39.9. The van der Waals surface area contributed by atoms with Gasteiger partial charge >= 0.3 is 0 Å². The fourth-order valence-electron chi connectivity index (χ4n) is 2.17. The van der Waals surface area contributed by atoms with Crippen molar-refractivity contribution in [3.05, 3.63) is 77.2 Å². The molecule has 0 saturated heterocycles. The van der Waals surface area contributed by atoms with E-state index in [9.17, 15) is 18.0 Å². The molecule has 1 aromatic heterocycles. The summed E-state index contributed by atoms with van der Waals surface area (Å²) in [5.41, 5.74) is 0.999. The minimum absolute atomic E-state index is 0.131. The maximum Gasteiger partial charge on any atom is 0.269 e. The molecule has 1 amide bonds. The van der Waals surface area contributed by atoms with Crippen LogP contribution in [-0.4, -0.2) is 16.1 Å². The fourth-order valence-corrected chi connectivity index (χ4v) is 2.17. The van der Waals surface area contributed by atoms with E-state index in [1.54, 1.807) is 0 Å². The number of benzene rings is 2. The van der Waals surface area contributed by atoms with Gasteiger partial charge in [0, 0.05) is 17.7 Å². The number of halogens is 3. The molecule has 122 valence electrons. The van der Waals surface area contributed by atoms with E-state index in [2.05, 4.69) is 15.5 Å². The van der Waals surface area contributed by atoms with Gasteiger partial charge in [0.25, 0.3) is 5.91 Å². The van der Waals surface area contributed by atoms with Crippen LogP contribution < -0.4 is 5.32 Å². The predicted molar refractivity (Wildman–Crippen MR) is 81.5 cm³/mol. The van der Waals surface area contributed by atoms with E-state index in [1.165, 1.54) is 36.4 Å². The summed E-state index contributed by atoms with van der Waals surface area (Å²) in [4.78, 5) is 12.1. The Balaban J connectivity index is 1.71. The number of nitrogens with one attached hydrogen (secondary N) is 2. The number of carbonyl (C=O) groups is 1. The highest BCUT2D eigenvalue weighted by molar-refractivity contribution is 5.93. The van der Waals surface area contributed by atoms with Crippen LogP contribution in [-0.2, 0) is 6.54 Å². The van der Waals surface area contributed by atoms with Crippen molar-refractivity contribution in [1.29, 1.82) is 0 Å². The van der Waals surface area contributed by atoms with Crippen molar-refractivity contribution in [2.45, 2.75) is 6.54 Å². The smallest absolute Gasteiger partial charge is 0.269 e. The first-order valence-corrected chi connectivity index (χ1v) is 7.07. The number of carbonyl (C=O) groups excluding carboxylic acids is 1. The van der Waals surface area contributed by atoms with Gasteiger partial charge in [0.1, 0.15) is 23.1 Å². The van der Waals surface area contributed by atoms with Crippen molar-refractivity contribution in [3.63, 3.8) is 0 Å². The molecule has 0 saturated carbocycles. The second kappa shape index (κ2) is 6.57. The van der Waals surface area contributed by atoms with Crippen molar-refractivity contribution in [2.24, 2.45) is 0 Å². The van der Waals surface area contributed by atoms with Gasteiger partial charge < -0.3 is 5.32 Å². The van der Waals surface area contributed by atoms with Crippen molar-refractivity contribution >= 4 is 5.91 Å². The summed E-state index contributed by atoms with van der Waals surface area (Å²) in [6.45, 7) is -0.289. The third-order valence-electron chi connectivity index (χ3n) is 3.45. The second-order valence-corrected chi connectivity index (χ2v) is 5.06. The molecule has 0 unspecified atom stereocenters. The zero-order valence-corrected chi connectivity index (χ0v) is 12.3. The Morgan fingerprint density at radius 2 is 1.71 bits per heavy atom. The van der Waals surface area contributed by atoms with E-state index in [1.807, 2.05) is 0 Å². The normalized spacial score (nSPS) is 10.6. The molecule has 0 radical (unpaired) electrons. The molecule has 1 heterocycles. The highest BCUT2D eigenvalue weighted by atomic mass is 19.1. The van der Waals surface area contributed by atoms with Crippen molar-refractivity contribution in [3.8, 4) is 11.3 Å². The first-order chi connectivity index (χ1) is 11.5. The van der Waals surface area contributed by atoms with Gasteiger partial charge in [0.15, 0.2) is 0 Å². The van der Waals surface area contributed by atoms with Gasteiger partial charge in [-0.05, 0) is 42.5 Å². The van der Waals surface area contributed by atoms with E-state index in [-0.39, 0.29) is 23.6 Å². The van der Waals surface area contributed by atoms with Crippen LogP contribution >= 0.6 is 0 Å². The number of aromatic amines is 1. The Kier molecular flexibility index (Phi) is 4.33. The molecular formula is C17H12F3N3O. The average molecular weight is 331 g/mol. The minimum atomic E-state index is -0.730. The number of rotatable bonds is 4. The number of amides is 1. The number of hydrogen-bond donors (Lipinski definition) is 2. The SMILES string of the molecule is O=C(NCc1c(F)cccc1F)c1cc(-c2ccc(F)cc2)n[nH]1. The van der Waals surface area contributed by atoms with Gasteiger partial charge in [-0.3, -0.25) is 9.89 Å². The standard InChI is InChI=1S/C17H12F3N3O/c18-11-6-4-10(5-7-11)15-8-16(23-22-15)17(24)21-9-12-13(19)2-1-3-14(12)20/h1-8H,9H2,(H,21,24)(H,22,23). The van der Waals surface area contributed by atoms with Gasteiger partial charge in [0.2, 0.25) is 0 Å². The summed E-state index contributed by atoms with van der Waals surface area (Å²) >= 11 is 0. The Morgan fingerprint density at radius 3 is 2.38 bits per heavy atom. The van der Waals surface area contributed by atoms with Gasteiger partial charge in [-0.1, -0.05) is 6.07 Å². The van der Waals surface area contributed by atoms with E-state index in [0.717, 1.165) is 12.1 Å². The molecule has 0 aliphatic rings. The molecule has 3 rings (SSSR count). The quantitative estimate of drug-likeness (QED) is 0.769. The van der Waals surface area contributed by atoms with E-state index >= 15 is 0 Å². The molecule has 7 heteroatoms. The summed E-state index contributed by atoms with van der Waals surface area (Å²) in [6.07, 6.45) is 0. The number of nitrogens with zero attached hydrogens (tertiary/aromatic N) is 1. The molecule has 0 aliphatic heterocycles. The molecule has 0 spiro atoms. The molecule has 4 nitrogen and oxygen atoms in total. The van der Waals surface area contributed by atoms with Crippen LogP contribution in [0.25, 0.3) is 11.3 Å². The maximum atomic E-state index is 13.5. The maximum absolute atomic E-state index is 13.5. The van der Waals surface area contributed by atoms with Crippen LogP contribution in [0.4, 0.5) is 13.2 Å². The summed E-state index contributed by atoms with van der Waals surface area (Å²) in [5.74, 6) is -2.39. The van der Waals surface area contributed by atoms with Crippen LogP contribution in [0.3, 0.4) is 0 Å². The van der Waals surface area contributed by atoms with Crippen molar-refractivity contribution in [2.75, 3.05) is 0 Å².